The molecule has 0 aliphatic rings. The molecular formula is C24H30Cl3N3O4S. The van der Waals surface area contributed by atoms with Crippen molar-refractivity contribution in [2.24, 2.45) is 0 Å². The highest BCUT2D eigenvalue weighted by molar-refractivity contribution is 7.92. The second kappa shape index (κ2) is 11.4. The van der Waals surface area contributed by atoms with Gasteiger partial charge in [0.1, 0.15) is 12.6 Å². The maximum Gasteiger partial charge on any atom is 0.244 e. The van der Waals surface area contributed by atoms with Gasteiger partial charge in [0.25, 0.3) is 0 Å². The Morgan fingerprint density at radius 1 is 1.03 bits per heavy atom. The van der Waals surface area contributed by atoms with Gasteiger partial charge in [0.15, 0.2) is 0 Å². The van der Waals surface area contributed by atoms with E-state index in [-0.39, 0.29) is 12.5 Å². The number of nitrogens with zero attached hydrogens (tertiary/aromatic N) is 2. The third-order valence-corrected chi connectivity index (χ3v) is 7.08. The third-order valence-electron chi connectivity index (χ3n) is 5.13. The Labute approximate surface area is 222 Å². The molecule has 1 N–H and O–H groups in total. The fourth-order valence-electron chi connectivity index (χ4n) is 3.38. The van der Waals surface area contributed by atoms with Crippen molar-refractivity contribution in [3.05, 3.63) is 62.6 Å². The van der Waals surface area contributed by atoms with E-state index in [2.05, 4.69) is 5.32 Å². The van der Waals surface area contributed by atoms with Gasteiger partial charge in [-0.1, -0.05) is 40.9 Å². The molecule has 0 bridgehead atoms. The largest absolute Gasteiger partial charge is 0.350 e. The molecule has 0 saturated carbocycles. The van der Waals surface area contributed by atoms with E-state index in [9.17, 15) is 18.0 Å². The standard InChI is InChI=1S/C24H30Cl3N3O4S/c1-15-11-18(25)9-10-21(15)30(35(6,33)34)14-22(31)29(16(2)23(32)28-24(3,4)5)13-17-7-8-19(26)12-20(17)27/h7-12,16H,13-14H2,1-6H3,(H,28,32)/t16-/m0/s1. The molecule has 0 saturated heterocycles. The van der Waals surface area contributed by atoms with Gasteiger partial charge in [0, 0.05) is 27.2 Å². The molecule has 11 heteroatoms. The number of benzene rings is 2. The predicted molar refractivity (Wildman–Crippen MR) is 143 cm³/mol. The van der Waals surface area contributed by atoms with Crippen LogP contribution >= 0.6 is 34.8 Å². The number of sulfonamides is 1. The summed E-state index contributed by atoms with van der Waals surface area (Å²) in [5.74, 6) is -0.961. The average Bonchev–Trinajstić information content (AvgIpc) is 2.69. The summed E-state index contributed by atoms with van der Waals surface area (Å²) in [4.78, 5) is 27.9. The van der Waals surface area contributed by atoms with Crippen LogP contribution in [0, 0.1) is 6.92 Å². The van der Waals surface area contributed by atoms with Gasteiger partial charge in [0.05, 0.1) is 11.9 Å². The summed E-state index contributed by atoms with van der Waals surface area (Å²) in [6.07, 6.45) is 1.02. The highest BCUT2D eigenvalue weighted by atomic mass is 35.5. The highest BCUT2D eigenvalue weighted by Crippen LogP contribution is 2.27. The molecule has 0 aliphatic heterocycles. The molecule has 0 aliphatic carbocycles. The van der Waals surface area contributed by atoms with Crippen molar-refractivity contribution in [3.63, 3.8) is 0 Å². The van der Waals surface area contributed by atoms with E-state index in [1.54, 1.807) is 50.2 Å². The van der Waals surface area contributed by atoms with E-state index < -0.39 is 34.1 Å². The summed E-state index contributed by atoms with van der Waals surface area (Å²) in [5.41, 5.74) is 0.938. The van der Waals surface area contributed by atoms with Crippen molar-refractivity contribution >= 4 is 62.3 Å². The van der Waals surface area contributed by atoms with Gasteiger partial charge >= 0.3 is 0 Å². The molecule has 0 aromatic heterocycles. The van der Waals surface area contributed by atoms with Crippen LogP contribution in [0.3, 0.4) is 0 Å². The molecule has 192 valence electrons. The van der Waals surface area contributed by atoms with Gasteiger partial charge < -0.3 is 10.2 Å². The number of aryl methyl sites for hydroxylation is 1. The van der Waals surface area contributed by atoms with Gasteiger partial charge in [0.2, 0.25) is 21.8 Å². The van der Waals surface area contributed by atoms with Crippen LogP contribution in [0.1, 0.15) is 38.8 Å². The fourth-order valence-corrected chi connectivity index (χ4v) is 4.99. The molecule has 0 fully saturated rings. The summed E-state index contributed by atoms with van der Waals surface area (Å²) in [5, 5.41) is 4.06. The number of hydrogen-bond acceptors (Lipinski definition) is 4. The molecule has 0 spiro atoms. The number of amides is 2. The first-order valence-corrected chi connectivity index (χ1v) is 13.8. The van der Waals surface area contributed by atoms with Crippen LogP contribution in [0.25, 0.3) is 0 Å². The molecule has 0 heterocycles. The lowest BCUT2D eigenvalue weighted by Crippen LogP contribution is -2.54. The zero-order valence-corrected chi connectivity index (χ0v) is 23.6. The molecule has 0 radical (unpaired) electrons. The van der Waals surface area contributed by atoms with Crippen molar-refractivity contribution in [1.82, 2.24) is 10.2 Å². The lowest BCUT2D eigenvalue weighted by Gasteiger charge is -2.33. The molecular weight excluding hydrogens is 533 g/mol. The SMILES string of the molecule is Cc1cc(Cl)ccc1N(CC(=O)N(Cc1ccc(Cl)cc1Cl)[C@@H](C)C(=O)NC(C)(C)C)S(C)(=O)=O. The minimum Gasteiger partial charge on any atom is -0.350 e. The lowest BCUT2D eigenvalue weighted by atomic mass is 10.1. The second-order valence-corrected chi connectivity index (χ2v) is 12.6. The van der Waals surface area contributed by atoms with Gasteiger partial charge in [-0.25, -0.2) is 8.42 Å². The molecule has 35 heavy (non-hydrogen) atoms. The zero-order valence-electron chi connectivity index (χ0n) is 20.5. The topological polar surface area (TPSA) is 86.8 Å². The van der Waals surface area contributed by atoms with Crippen molar-refractivity contribution in [2.75, 3.05) is 17.1 Å². The molecule has 2 aromatic rings. The van der Waals surface area contributed by atoms with Crippen LogP contribution < -0.4 is 9.62 Å². The maximum atomic E-state index is 13.6. The van der Waals surface area contributed by atoms with E-state index in [1.807, 2.05) is 20.8 Å². The Hall–Kier alpha value is -2.00. The van der Waals surface area contributed by atoms with E-state index in [4.69, 9.17) is 34.8 Å². The van der Waals surface area contributed by atoms with E-state index in [0.29, 0.717) is 31.9 Å². The number of rotatable bonds is 8. The fraction of sp³-hybridized carbons (Fsp3) is 0.417. The summed E-state index contributed by atoms with van der Waals surface area (Å²) < 4.78 is 26.4. The third kappa shape index (κ3) is 8.27. The molecule has 1 atom stereocenters. The Kier molecular flexibility index (Phi) is 9.50. The van der Waals surface area contributed by atoms with E-state index in [1.165, 1.54) is 4.90 Å². The Morgan fingerprint density at radius 3 is 2.11 bits per heavy atom. The molecule has 7 nitrogen and oxygen atoms in total. The number of carbonyl (C=O) groups is 2. The van der Waals surface area contributed by atoms with Gasteiger partial charge in [-0.3, -0.25) is 13.9 Å². The van der Waals surface area contributed by atoms with Crippen LogP contribution in [-0.4, -0.2) is 49.5 Å². The summed E-state index contributed by atoms with van der Waals surface area (Å²) >= 11 is 18.4. The Morgan fingerprint density at radius 2 is 1.60 bits per heavy atom. The second-order valence-electron chi connectivity index (χ2n) is 9.37. The van der Waals surface area contributed by atoms with Gasteiger partial charge in [-0.05, 0) is 76.1 Å². The summed E-state index contributed by atoms with van der Waals surface area (Å²) in [7, 11) is -3.84. The lowest BCUT2D eigenvalue weighted by molar-refractivity contribution is -0.140. The number of anilines is 1. The molecule has 2 rings (SSSR count). The van der Waals surface area contributed by atoms with Gasteiger partial charge in [-0.2, -0.15) is 0 Å². The minimum atomic E-state index is -3.84. The number of halogens is 3. The van der Waals surface area contributed by atoms with E-state index >= 15 is 0 Å². The summed E-state index contributed by atoms with van der Waals surface area (Å²) in [6, 6.07) is 8.63. The first kappa shape index (κ1) is 29.2. The first-order chi connectivity index (χ1) is 16.0. The van der Waals surface area contributed by atoms with Gasteiger partial charge in [-0.15, -0.1) is 0 Å². The number of hydrogen-bond donors (Lipinski definition) is 1. The van der Waals surface area contributed by atoms with Crippen molar-refractivity contribution in [1.29, 1.82) is 0 Å². The predicted octanol–water partition coefficient (Wildman–Crippen LogP) is 5.05. The minimum absolute atomic E-state index is 0.0230. The van der Waals surface area contributed by atoms with Crippen molar-refractivity contribution in [2.45, 2.75) is 52.7 Å². The zero-order chi connectivity index (χ0) is 26.7. The smallest absolute Gasteiger partial charge is 0.244 e. The Bertz CT molecular complexity index is 1210. The highest BCUT2D eigenvalue weighted by Gasteiger charge is 2.32. The van der Waals surface area contributed by atoms with Crippen molar-refractivity contribution < 1.29 is 18.0 Å². The van der Waals surface area contributed by atoms with Crippen LogP contribution in [0.4, 0.5) is 5.69 Å². The quantitative estimate of drug-likeness (QED) is 0.488. The summed E-state index contributed by atoms with van der Waals surface area (Å²) in [6.45, 7) is 8.23. The molecule has 2 aromatic carbocycles. The first-order valence-electron chi connectivity index (χ1n) is 10.8. The van der Waals surface area contributed by atoms with Crippen LogP contribution in [0.5, 0.6) is 0 Å². The number of nitrogens with one attached hydrogen (secondary N) is 1. The Balaban J connectivity index is 2.47. The van der Waals surface area contributed by atoms with Crippen LogP contribution in [0.15, 0.2) is 36.4 Å². The van der Waals surface area contributed by atoms with Crippen LogP contribution in [0.2, 0.25) is 15.1 Å². The normalized spacial score (nSPS) is 12.7. The van der Waals surface area contributed by atoms with Crippen LogP contribution in [-0.2, 0) is 26.2 Å². The number of carbonyl (C=O) groups excluding carboxylic acids is 2. The monoisotopic (exact) mass is 561 g/mol. The molecule has 0 unspecified atom stereocenters. The van der Waals surface area contributed by atoms with Crippen molar-refractivity contribution in [3.8, 4) is 0 Å². The van der Waals surface area contributed by atoms with E-state index in [0.717, 1.165) is 10.6 Å². The maximum absolute atomic E-state index is 13.6. The molecule has 2 amide bonds. The average molecular weight is 563 g/mol.